The summed E-state index contributed by atoms with van der Waals surface area (Å²) in [7, 11) is 0. The van der Waals surface area contributed by atoms with E-state index in [2.05, 4.69) is 18.7 Å². The largest absolute Gasteiger partial charge is 0.378 e. The van der Waals surface area contributed by atoms with Crippen LogP contribution in [-0.2, 0) is 4.74 Å². The predicted octanol–water partition coefficient (Wildman–Crippen LogP) is 1.47. The normalized spacial score (nSPS) is 37.1. The van der Waals surface area contributed by atoms with E-state index in [9.17, 15) is 0 Å². The Hall–Kier alpha value is -0.120. The molecule has 0 bridgehead atoms. The Labute approximate surface area is 99.3 Å². The molecule has 2 aliphatic rings. The second-order valence-electron chi connectivity index (χ2n) is 5.72. The fraction of sp³-hybridized carbons (Fsp3) is 1.00. The molecule has 2 rings (SSSR count). The highest BCUT2D eigenvalue weighted by Crippen LogP contribution is 2.27. The van der Waals surface area contributed by atoms with E-state index >= 15 is 0 Å². The molecule has 0 radical (unpaired) electrons. The summed E-state index contributed by atoms with van der Waals surface area (Å²) in [5.41, 5.74) is 5.75. The zero-order chi connectivity index (χ0) is 11.5. The molecule has 0 aromatic heterocycles. The lowest BCUT2D eigenvalue weighted by atomic mass is 9.94. The smallest absolute Gasteiger partial charge is 0.0612 e. The number of hydrogen-bond donors (Lipinski definition) is 1. The average molecular weight is 226 g/mol. The molecular formula is C13H26N2O. The lowest BCUT2D eigenvalue weighted by Crippen LogP contribution is -2.43. The van der Waals surface area contributed by atoms with Crippen LogP contribution in [0.1, 0.15) is 33.1 Å². The van der Waals surface area contributed by atoms with Crippen LogP contribution in [0.2, 0.25) is 0 Å². The van der Waals surface area contributed by atoms with Gasteiger partial charge < -0.3 is 10.5 Å². The van der Waals surface area contributed by atoms with Gasteiger partial charge in [0, 0.05) is 19.2 Å². The third-order valence-electron chi connectivity index (χ3n) is 4.20. The number of rotatable bonds is 3. The van der Waals surface area contributed by atoms with Crippen LogP contribution >= 0.6 is 0 Å². The van der Waals surface area contributed by atoms with Gasteiger partial charge in [-0.3, -0.25) is 4.90 Å². The zero-order valence-electron chi connectivity index (χ0n) is 10.7. The van der Waals surface area contributed by atoms with E-state index in [4.69, 9.17) is 10.5 Å². The molecule has 2 aliphatic heterocycles. The maximum absolute atomic E-state index is 5.83. The Balaban J connectivity index is 1.85. The molecule has 2 saturated heterocycles. The van der Waals surface area contributed by atoms with E-state index < -0.39 is 0 Å². The van der Waals surface area contributed by atoms with Gasteiger partial charge in [-0.2, -0.15) is 0 Å². The molecule has 16 heavy (non-hydrogen) atoms. The first-order chi connectivity index (χ1) is 7.70. The molecule has 2 fully saturated rings. The quantitative estimate of drug-likeness (QED) is 0.792. The lowest BCUT2D eigenvalue weighted by Gasteiger charge is -2.37. The maximum Gasteiger partial charge on any atom is 0.0612 e. The van der Waals surface area contributed by atoms with Crippen molar-refractivity contribution in [2.75, 3.05) is 26.2 Å². The van der Waals surface area contributed by atoms with Crippen molar-refractivity contribution in [2.24, 2.45) is 17.6 Å². The Morgan fingerprint density at radius 1 is 1.38 bits per heavy atom. The summed E-state index contributed by atoms with van der Waals surface area (Å²) in [4.78, 5) is 2.65. The number of ether oxygens (including phenoxy) is 1. The molecule has 0 aliphatic carbocycles. The van der Waals surface area contributed by atoms with Crippen molar-refractivity contribution >= 4 is 0 Å². The second-order valence-corrected chi connectivity index (χ2v) is 5.72. The van der Waals surface area contributed by atoms with Gasteiger partial charge in [0.1, 0.15) is 0 Å². The minimum absolute atomic E-state index is 0.468. The molecule has 3 nitrogen and oxygen atoms in total. The second kappa shape index (κ2) is 5.48. The van der Waals surface area contributed by atoms with Crippen molar-refractivity contribution in [3.05, 3.63) is 0 Å². The zero-order valence-corrected chi connectivity index (χ0v) is 10.7. The Bertz CT molecular complexity index is 220. The summed E-state index contributed by atoms with van der Waals surface area (Å²) < 4.78 is 5.83. The molecule has 0 aromatic rings. The van der Waals surface area contributed by atoms with E-state index in [1.54, 1.807) is 0 Å². The van der Waals surface area contributed by atoms with Gasteiger partial charge in [-0.25, -0.2) is 0 Å². The van der Waals surface area contributed by atoms with E-state index in [-0.39, 0.29) is 0 Å². The van der Waals surface area contributed by atoms with Gasteiger partial charge in [0.2, 0.25) is 0 Å². The number of hydrogen-bond acceptors (Lipinski definition) is 3. The molecule has 0 saturated carbocycles. The minimum Gasteiger partial charge on any atom is -0.378 e. The number of nitrogens with zero attached hydrogens (tertiary/aromatic N) is 1. The van der Waals surface area contributed by atoms with Gasteiger partial charge in [-0.15, -0.1) is 0 Å². The predicted molar refractivity (Wildman–Crippen MR) is 66.3 cm³/mol. The molecule has 3 atom stereocenters. The SMILES string of the molecule is CC(C)C1CC(N2CCC(CN)C2)CCO1. The number of nitrogens with two attached hydrogens (primary N) is 1. The minimum atomic E-state index is 0.468. The third-order valence-corrected chi connectivity index (χ3v) is 4.20. The molecule has 2 heterocycles. The van der Waals surface area contributed by atoms with Gasteiger partial charge in [-0.1, -0.05) is 13.8 Å². The fourth-order valence-electron chi connectivity index (χ4n) is 2.99. The fourth-order valence-corrected chi connectivity index (χ4v) is 2.99. The first-order valence-corrected chi connectivity index (χ1v) is 6.76. The van der Waals surface area contributed by atoms with Crippen LogP contribution in [0.15, 0.2) is 0 Å². The highest BCUT2D eigenvalue weighted by Gasteiger charge is 2.32. The molecule has 3 heteroatoms. The first-order valence-electron chi connectivity index (χ1n) is 6.76. The van der Waals surface area contributed by atoms with Gasteiger partial charge >= 0.3 is 0 Å². The highest BCUT2D eigenvalue weighted by atomic mass is 16.5. The summed E-state index contributed by atoms with van der Waals surface area (Å²) >= 11 is 0. The van der Waals surface area contributed by atoms with E-state index in [0.29, 0.717) is 12.0 Å². The van der Waals surface area contributed by atoms with Crippen LogP contribution in [-0.4, -0.2) is 43.3 Å². The summed E-state index contributed by atoms with van der Waals surface area (Å²) in [5.74, 6) is 1.39. The van der Waals surface area contributed by atoms with Crippen LogP contribution in [0.5, 0.6) is 0 Å². The van der Waals surface area contributed by atoms with Crippen molar-refractivity contribution in [3.63, 3.8) is 0 Å². The van der Waals surface area contributed by atoms with Crippen LogP contribution < -0.4 is 5.73 Å². The van der Waals surface area contributed by atoms with Crippen LogP contribution in [0, 0.1) is 11.8 Å². The Morgan fingerprint density at radius 2 is 2.19 bits per heavy atom. The first kappa shape index (κ1) is 12.3. The standard InChI is InChI=1S/C13H26N2O/c1-10(2)13-7-12(4-6-16-13)15-5-3-11(8-14)9-15/h10-13H,3-9,14H2,1-2H3. The van der Waals surface area contributed by atoms with Crippen molar-refractivity contribution < 1.29 is 4.74 Å². The molecule has 94 valence electrons. The van der Waals surface area contributed by atoms with Gasteiger partial charge in [-0.05, 0) is 44.2 Å². The summed E-state index contributed by atoms with van der Waals surface area (Å²) in [6.45, 7) is 8.79. The molecule has 0 aromatic carbocycles. The Kier molecular flexibility index (Phi) is 4.22. The van der Waals surface area contributed by atoms with Gasteiger partial charge in [0.15, 0.2) is 0 Å². The molecule has 3 unspecified atom stereocenters. The van der Waals surface area contributed by atoms with Crippen LogP contribution in [0.3, 0.4) is 0 Å². The maximum atomic E-state index is 5.83. The highest BCUT2D eigenvalue weighted by molar-refractivity contribution is 4.86. The van der Waals surface area contributed by atoms with Crippen molar-refractivity contribution in [1.29, 1.82) is 0 Å². The molecule has 0 amide bonds. The lowest BCUT2D eigenvalue weighted by molar-refractivity contribution is -0.0450. The van der Waals surface area contributed by atoms with Gasteiger partial charge in [0.25, 0.3) is 0 Å². The molecule has 0 spiro atoms. The van der Waals surface area contributed by atoms with Crippen LogP contribution in [0.4, 0.5) is 0 Å². The van der Waals surface area contributed by atoms with Crippen molar-refractivity contribution in [1.82, 2.24) is 4.90 Å². The monoisotopic (exact) mass is 226 g/mol. The van der Waals surface area contributed by atoms with Crippen molar-refractivity contribution in [2.45, 2.75) is 45.3 Å². The summed E-state index contributed by atoms with van der Waals surface area (Å²) in [5, 5.41) is 0. The van der Waals surface area contributed by atoms with E-state index in [0.717, 1.165) is 25.1 Å². The van der Waals surface area contributed by atoms with Crippen molar-refractivity contribution in [3.8, 4) is 0 Å². The van der Waals surface area contributed by atoms with E-state index in [1.165, 1.54) is 32.4 Å². The third kappa shape index (κ3) is 2.76. The topological polar surface area (TPSA) is 38.5 Å². The molecular weight excluding hydrogens is 200 g/mol. The number of likely N-dealkylation sites (tertiary alicyclic amines) is 1. The summed E-state index contributed by atoms with van der Waals surface area (Å²) in [6.07, 6.45) is 4.19. The van der Waals surface area contributed by atoms with E-state index in [1.807, 2.05) is 0 Å². The Morgan fingerprint density at radius 3 is 2.81 bits per heavy atom. The average Bonchev–Trinajstić information content (AvgIpc) is 2.77. The van der Waals surface area contributed by atoms with Crippen LogP contribution in [0.25, 0.3) is 0 Å². The summed E-state index contributed by atoms with van der Waals surface area (Å²) in [6, 6.07) is 0.748. The van der Waals surface area contributed by atoms with Gasteiger partial charge in [0.05, 0.1) is 6.10 Å². The molecule has 2 N–H and O–H groups in total.